The molecule has 2 N–H and O–H groups in total. The third-order valence-corrected chi connectivity index (χ3v) is 5.43. The highest BCUT2D eigenvalue weighted by Gasteiger charge is 2.14. The number of esters is 1. The minimum absolute atomic E-state index is 0.230. The van der Waals surface area contributed by atoms with Crippen molar-refractivity contribution in [1.82, 2.24) is 5.43 Å². The fourth-order valence-electron chi connectivity index (χ4n) is 3.00. The highest BCUT2D eigenvalue weighted by atomic mass is 79.9. The standard InChI is InChI=1S/C27H26BrN3O5/c1-3-15-35-23-12-7-19(8-13-23)27(34)36-24-14-9-21(28)16-20(24)17-29-31-26(33)25(32)30-22-10-5-18(4-2)6-11-22/h5-14,16-17H,3-4,15H2,1-2H3,(H,30,32)(H,31,33)/b29-17+. The van der Waals surface area contributed by atoms with E-state index in [0.717, 1.165) is 18.4 Å². The second-order valence-electron chi connectivity index (χ2n) is 7.65. The molecule has 3 aromatic carbocycles. The number of rotatable bonds is 9. The molecule has 0 fully saturated rings. The molecule has 186 valence electrons. The van der Waals surface area contributed by atoms with E-state index in [1.807, 2.05) is 26.0 Å². The summed E-state index contributed by atoms with van der Waals surface area (Å²) < 4.78 is 11.8. The molecule has 0 unspecified atom stereocenters. The molecule has 0 bridgehead atoms. The van der Waals surface area contributed by atoms with E-state index in [-0.39, 0.29) is 5.75 Å². The van der Waals surface area contributed by atoms with Gasteiger partial charge in [-0.3, -0.25) is 9.59 Å². The van der Waals surface area contributed by atoms with Crippen LogP contribution in [-0.4, -0.2) is 30.6 Å². The number of carbonyl (C=O) groups is 3. The first kappa shape index (κ1) is 26.6. The Morgan fingerprint density at radius 2 is 1.67 bits per heavy atom. The van der Waals surface area contributed by atoms with Gasteiger partial charge < -0.3 is 14.8 Å². The number of nitrogens with one attached hydrogen (secondary N) is 2. The lowest BCUT2D eigenvalue weighted by Gasteiger charge is -2.09. The molecule has 0 spiro atoms. The molecule has 0 aliphatic carbocycles. The Morgan fingerprint density at radius 1 is 0.944 bits per heavy atom. The number of halogens is 1. The van der Waals surface area contributed by atoms with Gasteiger partial charge >= 0.3 is 17.8 Å². The summed E-state index contributed by atoms with van der Waals surface area (Å²) in [5.41, 5.74) is 4.56. The average Bonchev–Trinajstić information content (AvgIpc) is 2.89. The number of benzene rings is 3. The largest absolute Gasteiger partial charge is 0.494 e. The van der Waals surface area contributed by atoms with Crippen LogP contribution in [0.1, 0.15) is 41.8 Å². The highest BCUT2D eigenvalue weighted by Crippen LogP contribution is 2.23. The predicted molar refractivity (Wildman–Crippen MR) is 142 cm³/mol. The molecule has 9 heteroatoms. The summed E-state index contributed by atoms with van der Waals surface area (Å²) in [6, 6.07) is 18.8. The Kier molecular flexibility index (Phi) is 9.76. The van der Waals surface area contributed by atoms with Crippen LogP contribution in [-0.2, 0) is 16.0 Å². The van der Waals surface area contributed by atoms with Crippen LogP contribution in [0.4, 0.5) is 5.69 Å². The Bertz CT molecular complexity index is 1240. The van der Waals surface area contributed by atoms with Gasteiger partial charge in [0.1, 0.15) is 11.5 Å². The molecule has 36 heavy (non-hydrogen) atoms. The van der Waals surface area contributed by atoms with Gasteiger partial charge in [-0.1, -0.05) is 41.9 Å². The van der Waals surface area contributed by atoms with Gasteiger partial charge in [0.05, 0.1) is 18.4 Å². The number of carbonyl (C=O) groups excluding carboxylic acids is 3. The lowest BCUT2D eigenvalue weighted by atomic mass is 10.1. The Hall–Kier alpha value is -3.98. The molecule has 8 nitrogen and oxygen atoms in total. The van der Waals surface area contributed by atoms with E-state index in [4.69, 9.17) is 9.47 Å². The van der Waals surface area contributed by atoms with Gasteiger partial charge in [-0.2, -0.15) is 5.10 Å². The van der Waals surface area contributed by atoms with Crippen LogP contribution in [0.5, 0.6) is 11.5 Å². The van der Waals surface area contributed by atoms with Crippen molar-refractivity contribution < 1.29 is 23.9 Å². The molecule has 3 rings (SSSR count). The number of hydrogen-bond acceptors (Lipinski definition) is 6. The van der Waals surface area contributed by atoms with E-state index in [0.29, 0.717) is 33.6 Å². The molecule has 2 amide bonds. The van der Waals surface area contributed by atoms with Gasteiger partial charge in [-0.05, 0) is 73.0 Å². The lowest BCUT2D eigenvalue weighted by molar-refractivity contribution is -0.136. The van der Waals surface area contributed by atoms with Crippen molar-refractivity contribution >= 4 is 45.6 Å². The van der Waals surface area contributed by atoms with Crippen LogP contribution in [0.25, 0.3) is 0 Å². The summed E-state index contributed by atoms with van der Waals surface area (Å²) in [6.45, 7) is 4.63. The van der Waals surface area contributed by atoms with E-state index in [9.17, 15) is 14.4 Å². The molecular formula is C27H26BrN3O5. The van der Waals surface area contributed by atoms with Crippen molar-refractivity contribution in [3.8, 4) is 11.5 Å². The van der Waals surface area contributed by atoms with E-state index in [2.05, 4.69) is 31.8 Å². The van der Waals surface area contributed by atoms with E-state index < -0.39 is 17.8 Å². The van der Waals surface area contributed by atoms with Gasteiger partial charge in [0.25, 0.3) is 0 Å². The number of hydrazone groups is 1. The molecule has 0 saturated heterocycles. The summed E-state index contributed by atoms with van der Waals surface area (Å²) in [5.74, 6) is -1.46. The summed E-state index contributed by atoms with van der Waals surface area (Å²) in [7, 11) is 0. The van der Waals surface area contributed by atoms with Crippen molar-refractivity contribution in [2.75, 3.05) is 11.9 Å². The summed E-state index contributed by atoms with van der Waals surface area (Å²) in [4.78, 5) is 36.9. The SMILES string of the molecule is CCCOc1ccc(C(=O)Oc2ccc(Br)cc2/C=N/NC(=O)C(=O)Nc2ccc(CC)cc2)cc1. The molecular weight excluding hydrogens is 526 g/mol. The minimum atomic E-state index is -0.940. The van der Waals surface area contributed by atoms with Crippen LogP contribution < -0.4 is 20.2 Å². The highest BCUT2D eigenvalue weighted by molar-refractivity contribution is 9.10. The van der Waals surface area contributed by atoms with E-state index in [1.54, 1.807) is 54.6 Å². The Morgan fingerprint density at radius 3 is 2.33 bits per heavy atom. The summed E-state index contributed by atoms with van der Waals surface area (Å²) in [6.07, 6.45) is 3.04. The lowest BCUT2D eigenvalue weighted by Crippen LogP contribution is -2.32. The molecule has 0 saturated carbocycles. The first-order valence-corrected chi connectivity index (χ1v) is 12.2. The molecule has 3 aromatic rings. The Balaban J connectivity index is 1.62. The number of aryl methyl sites for hydroxylation is 1. The van der Waals surface area contributed by atoms with Crippen LogP contribution >= 0.6 is 15.9 Å². The summed E-state index contributed by atoms with van der Waals surface area (Å²) >= 11 is 3.36. The average molecular weight is 552 g/mol. The van der Waals surface area contributed by atoms with E-state index >= 15 is 0 Å². The zero-order valence-corrected chi connectivity index (χ0v) is 21.5. The number of hydrogen-bond donors (Lipinski definition) is 2. The Labute approximate surface area is 217 Å². The second-order valence-corrected chi connectivity index (χ2v) is 8.56. The van der Waals surface area contributed by atoms with Crippen LogP contribution in [0.2, 0.25) is 0 Å². The van der Waals surface area contributed by atoms with Crippen LogP contribution in [0, 0.1) is 0 Å². The number of anilines is 1. The fraction of sp³-hybridized carbons (Fsp3) is 0.185. The maximum absolute atomic E-state index is 12.6. The van der Waals surface area contributed by atoms with Crippen molar-refractivity contribution in [1.29, 1.82) is 0 Å². The zero-order valence-electron chi connectivity index (χ0n) is 19.9. The predicted octanol–water partition coefficient (Wildman–Crippen LogP) is 5.11. The number of amides is 2. The first-order chi connectivity index (χ1) is 17.4. The maximum Gasteiger partial charge on any atom is 0.343 e. The minimum Gasteiger partial charge on any atom is -0.494 e. The molecule has 0 heterocycles. The van der Waals surface area contributed by atoms with Gasteiger partial charge in [0.2, 0.25) is 0 Å². The second kappa shape index (κ2) is 13.2. The van der Waals surface area contributed by atoms with Crippen LogP contribution in [0.15, 0.2) is 76.3 Å². The maximum atomic E-state index is 12.6. The smallest absolute Gasteiger partial charge is 0.343 e. The zero-order chi connectivity index (χ0) is 25.9. The number of ether oxygens (including phenoxy) is 2. The van der Waals surface area contributed by atoms with Gasteiger partial charge in [-0.15, -0.1) is 0 Å². The molecule has 0 aliphatic rings. The third kappa shape index (κ3) is 7.78. The van der Waals surface area contributed by atoms with Crippen molar-refractivity contribution in [3.63, 3.8) is 0 Å². The number of nitrogens with zero attached hydrogens (tertiary/aromatic N) is 1. The normalized spacial score (nSPS) is 10.6. The van der Waals surface area contributed by atoms with Gasteiger partial charge in [-0.25, -0.2) is 10.2 Å². The molecule has 0 aromatic heterocycles. The topological polar surface area (TPSA) is 106 Å². The van der Waals surface area contributed by atoms with E-state index in [1.165, 1.54) is 6.21 Å². The van der Waals surface area contributed by atoms with Gasteiger partial charge in [0.15, 0.2) is 0 Å². The monoisotopic (exact) mass is 551 g/mol. The fourth-order valence-corrected chi connectivity index (χ4v) is 3.38. The van der Waals surface area contributed by atoms with Crippen molar-refractivity contribution in [3.05, 3.63) is 87.9 Å². The summed E-state index contributed by atoms with van der Waals surface area (Å²) in [5, 5.41) is 6.35. The molecule has 0 aliphatic heterocycles. The quantitative estimate of drug-likeness (QED) is 0.126. The van der Waals surface area contributed by atoms with Crippen molar-refractivity contribution in [2.45, 2.75) is 26.7 Å². The van der Waals surface area contributed by atoms with Crippen LogP contribution in [0.3, 0.4) is 0 Å². The molecule has 0 radical (unpaired) electrons. The molecule has 0 atom stereocenters. The first-order valence-electron chi connectivity index (χ1n) is 11.4. The van der Waals surface area contributed by atoms with Gasteiger partial charge in [0, 0.05) is 15.7 Å². The van der Waals surface area contributed by atoms with Crippen molar-refractivity contribution in [2.24, 2.45) is 5.10 Å². The third-order valence-electron chi connectivity index (χ3n) is 4.93.